The third kappa shape index (κ3) is 5.17. The molecule has 2 nitrogen and oxygen atoms in total. The smallest absolute Gasteiger partial charge is 0.162 e. The van der Waals surface area contributed by atoms with E-state index in [9.17, 15) is 4.79 Å². The lowest BCUT2D eigenvalue weighted by Gasteiger charge is -2.01. The summed E-state index contributed by atoms with van der Waals surface area (Å²) in [7, 11) is 1.60. The molecule has 0 aliphatic heterocycles. The van der Waals surface area contributed by atoms with E-state index in [1.165, 1.54) is 0 Å². The molecule has 1 aromatic rings. The molecule has 0 heterocycles. The Kier molecular flexibility index (Phi) is 8.64. The molecule has 0 saturated heterocycles. The van der Waals surface area contributed by atoms with Gasteiger partial charge in [-0.05, 0) is 30.7 Å². The zero-order chi connectivity index (χ0) is 12.4. The number of hydrogen-bond donors (Lipinski definition) is 0. The van der Waals surface area contributed by atoms with Crippen molar-refractivity contribution in [3.63, 3.8) is 0 Å². The summed E-state index contributed by atoms with van der Waals surface area (Å²) in [6.45, 7) is 4.00. The van der Waals surface area contributed by atoms with Gasteiger partial charge in [-0.1, -0.05) is 13.8 Å². The second-order valence-electron chi connectivity index (χ2n) is 2.94. The maximum atomic E-state index is 11.5. The van der Waals surface area contributed by atoms with E-state index in [1.54, 1.807) is 31.4 Å². The van der Waals surface area contributed by atoms with Crippen molar-refractivity contribution in [3.8, 4) is 5.75 Å². The highest BCUT2D eigenvalue weighted by molar-refractivity contribution is 6.18. The molecule has 0 amide bonds. The van der Waals surface area contributed by atoms with Crippen LogP contribution in [-0.4, -0.2) is 18.8 Å². The number of halogens is 1. The molecule has 0 saturated carbocycles. The molecule has 16 heavy (non-hydrogen) atoms. The predicted octanol–water partition coefficient (Wildman–Crippen LogP) is 3.92. The molecule has 0 bridgehead atoms. The number of ether oxygens (including phenoxy) is 1. The Morgan fingerprint density at radius 3 is 2.25 bits per heavy atom. The van der Waals surface area contributed by atoms with Crippen molar-refractivity contribution in [2.75, 3.05) is 13.0 Å². The van der Waals surface area contributed by atoms with Crippen molar-refractivity contribution in [1.29, 1.82) is 0 Å². The highest BCUT2D eigenvalue weighted by atomic mass is 35.5. The summed E-state index contributed by atoms with van der Waals surface area (Å²) in [5.74, 6) is 1.43. The van der Waals surface area contributed by atoms with E-state index in [4.69, 9.17) is 16.3 Å². The number of hydrogen-bond acceptors (Lipinski definition) is 2. The maximum Gasteiger partial charge on any atom is 0.162 e. The average molecular weight is 243 g/mol. The van der Waals surface area contributed by atoms with E-state index >= 15 is 0 Å². The zero-order valence-electron chi connectivity index (χ0n) is 10.1. The largest absolute Gasteiger partial charge is 0.497 e. The molecule has 0 aromatic heterocycles. The van der Waals surface area contributed by atoms with E-state index < -0.39 is 0 Å². The molecule has 0 radical (unpaired) electrons. The minimum atomic E-state index is 0.133. The van der Waals surface area contributed by atoms with Crippen LogP contribution < -0.4 is 4.74 Å². The fourth-order valence-corrected chi connectivity index (χ4v) is 1.28. The predicted molar refractivity (Wildman–Crippen MR) is 68.6 cm³/mol. The van der Waals surface area contributed by atoms with E-state index in [0.717, 1.165) is 17.7 Å². The summed E-state index contributed by atoms with van der Waals surface area (Å²) < 4.78 is 5.00. The summed E-state index contributed by atoms with van der Waals surface area (Å²) in [5.41, 5.74) is 0.718. The van der Waals surface area contributed by atoms with Gasteiger partial charge >= 0.3 is 0 Å². The van der Waals surface area contributed by atoms with Gasteiger partial charge in [0.2, 0.25) is 0 Å². The van der Waals surface area contributed by atoms with Gasteiger partial charge in [0.25, 0.3) is 0 Å². The molecule has 0 aliphatic carbocycles. The highest BCUT2D eigenvalue weighted by Gasteiger charge is 2.04. The van der Waals surface area contributed by atoms with Crippen LogP contribution in [0.5, 0.6) is 5.75 Å². The van der Waals surface area contributed by atoms with E-state index in [0.29, 0.717) is 12.3 Å². The lowest BCUT2D eigenvalue weighted by molar-refractivity contribution is 0.0982. The second-order valence-corrected chi connectivity index (χ2v) is 3.32. The average Bonchev–Trinajstić information content (AvgIpc) is 2.38. The monoisotopic (exact) mass is 242 g/mol. The van der Waals surface area contributed by atoms with Crippen LogP contribution in [0.2, 0.25) is 0 Å². The lowest BCUT2D eigenvalue weighted by atomic mass is 10.1. The first-order chi connectivity index (χ1) is 7.77. The van der Waals surface area contributed by atoms with Crippen LogP contribution in [0, 0.1) is 0 Å². The van der Waals surface area contributed by atoms with Crippen LogP contribution in [-0.2, 0) is 0 Å². The van der Waals surface area contributed by atoms with E-state index in [-0.39, 0.29) is 5.78 Å². The first kappa shape index (κ1) is 15.0. The topological polar surface area (TPSA) is 26.3 Å². The number of alkyl halides is 1. The van der Waals surface area contributed by atoms with Gasteiger partial charge in [-0.3, -0.25) is 4.79 Å². The van der Waals surface area contributed by atoms with Crippen LogP contribution >= 0.6 is 11.6 Å². The number of methoxy groups -OCH3 is 1. The third-order valence-electron chi connectivity index (χ3n) is 1.95. The normalized spacial score (nSPS) is 9.00. The Morgan fingerprint density at radius 1 is 1.25 bits per heavy atom. The first-order valence-electron chi connectivity index (χ1n) is 5.51. The van der Waals surface area contributed by atoms with Gasteiger partial charge in [0, 0.05) is 17.9 Å². The fourth-order valence-electron chi connectivity index (χ4n) is 1.15. The van der Waals surface area contributed by atoms with Gasteiger partial charge < -0.3 is 4.74 Å². The van der Waals surface area contributed by atoms with Gasteiger partial charge in [0.1, 0.15) is 5.75 Å². The van der Waals surface area contributed by atoms with Crippen molar-refractivity contribution in [3.05, 3.63) is 29.8 Å². The molecule has 3 heteroatoms. The van der Waals surface area contributed by atoms with Crippen molar-refractivity contribution in [2.24, 2.45) is 0 Å². The van der Waals surface area contributed by atoms with Crippen LogP contribution in [0.1, 0.15) is 37.0 Å². The van der Waals surface area contributed by atoms with Crippen molar-refractivity contribution < 1.29 is 9.53 Å². The number of Topliss-reactive ketones (excluding diaryl/α,β-unsaturated/α-hetero) is 1. The van der Waals surface area contributed by atoms with Crippen LogP contribution in [0.3, 0.4) is 0 Å². The molecule has 0 atom stereocenters. The zero-order valence-corrected chi connectivity index (χ0v) is 10.9. The Morgan fingerprint density at radius 2 is 1.81 bits per heavy atom. The molecule has 90 valence electrons. The van der Waals surface area contributed by atoms with Gasteiger partial charge in [-0.25, -0.2) is 0 Å². The van der Waals surface area contributed by atoms with E-state index in [2.05, 4.69) is 0 Å². The molecule has 0 spiro atoms. The molecular weight excluding hydrogens is 224 g/mol. The van der Waals surface area contributed by atoms with Gasteiger partial charge in [-0.2, -0.15) is 0 Å². The summed E-state index contributed by atoms with van der Waals surface area (Å²) in [5, 5.41) is 0. The Balaban J connectivity index is 0.00000106. The Labute approximate surface area is 103 Å². The molecule has 0 fully saturated rings. The molecular formula is C13H19ClO2. The fraction of sp³-hybridized carbons (Fsp3) is 0.462. The van der Waals surface area contributed by atoms with Gasteiger partial charge in [0.05, 0.1) is 7.11 Å². The minimum Gasteiger partial charge on any atom is -0.497 e. The lowest BCUT2D eigenvalue weighted by Crippen LogP contribution is -1.99. The molecule has 0 aliphatic rings. The van der Waals surface area contributed by atoms with Crippen LogP contribution in [0.4, 0.5) is 0 Å². The second kappa shape index (κ2) is 9.22. The Hall–Kier alpha value is -1.02. The van der Waals surface area contributed by atoms with Crippen molar-refractivity contribution >= 4 is 17.4 Å². The molecule has 0 N–H and O–H groups in total. The quantitative estimate of drug-likeness (QED) is 0.578. The number of carbonyl (C=O) groups is 1. The molecule has 0 unspecified atom stereocenters. The van der Waals surface area contributed by atoms with Gasteiger partial charge in [-0.15, -0.1) is 11.6 Å². The number of ketones is 1. The van der Waals surface area contributed by atoms with Gasteiger partial charge in [0.15, 0.2) is 5.78 Å². The Bertz CT molecular complexity index is 293. The minimum absolute atomic E-state index is 0.133. The van der Waals surface area contributed by atoms with Crippen molar-refractivity contribution in [1.82, 2.24) is 0 Å². The van der Waals surface area contributed by atoms with Crippen LogP contribution in [0.25, 0.3) is 0 Å². The first-order valence-corrected chi connectivity index (χ1v) is 6.04. The highest BCUT2D eigenvalue weighted by Crippen LogP contribution is 2.13. The number of benzene rings is 1. The number of rotatable bonds is 5. The maximum absolute atomic E-state index is 11.5. The summed E-state index contributed by atoms with van der Waals surface area (Å²) in [4.78, 5) is 11.5. The third-order valence-corrected chi connectivity index (χ3v) is 2.22. The molecule has 1 rings (SSSR count). The standard InChI is InChI=1S/C11H13ClO2.C2H6/c1-14-10-6-4-9(5-7-10)11(13)3-2-8-12;1-2/h4-7H,2-3,8H2,1H3;1-2H3. The van der Waals surface area contributed by atoms with Crippen LogP contribution in [0.15, 0.2) is 24.3 Å². The number of carbonyl (C=O) groups excluding carboxylic acids is 1. The summed E-state index contributed by atoms with van der Waals surface area (Å²) in [6, 6.07) is 7.12. The summed E-state index contributed by atoms with van der Waals surface area (Å²) in [6.07, 6.45) is 1.24. The SMILES string of the molecule is CC.COc1ccc(C(=O)CCCCl)cc1. The summed E-state index contributed by atoms with van der Waals surface area (Å²) >= 11 is 5.51. The van der Waals surface area contributed by atoms with Crippen molar-refractivity contribution in [2.45, 2.75) is 26.7 Å². The molecule has 1 aromatic carbocycles. The van der Waals surface area contributed by atoms with E-state index in [1.807, 2.05) is 13.8 Å².